The number of hydrogen-bond donors (Lipinski definition) is 0. The molecule has 0 heterocycles. The van der Waals surface area contributed by atoms with Crippen molar-refractivity contribution < 1.29 is 42.9 Å². The number of likely N-dealkylation sites (N-methyl/N-ethyl adjacent to an activating group) is 1. The highest BCUT2D eigenvalue weighted by Gasteiger charge is 2.22. The molecule has 92 heavy (non-hydrogen) atoms. The van der Waals surface area contributed by atoms with Gasteiger partial charge in [-0.3, -0.25) is 9.59 Å². The summed E-state index contributed by atoms with van der Waals surface area (Å²) >= 11 is 0. The van der Waals surface area contributed by atoms with Gasteiger partial charge in [0.15, 0.2) is 12.4 Å². The third-order valence-electron chi connectivity index (χ3n) is 18.3. The van der Waals surface area contributed by atoms with Gasteiger partial charge in [-0.25, -0.2) is 0 Å². The Morgan fingerprint density at radius 2 is 0.620 bits per heavy atom. The smallest absolute Gasteiger partial charge is 0.306 e. The maximum Gasteiger partial charge on any atom is 0.306 e. The van der Waals surface area contributed by atoms with Crippen molar-refractivity contribution in [1.29, 1.82) is 0 Å². The van der Waals surface area contributed by atoms with Crippen LogP contribution in [0.5, 0.6) is 0 Å². The molecule has 0 N–H and O–H groups in total. The van der Waals surface area contributed by atoms with Crippen molar-refractivity contribution in [3.63, 3.8) is 0 Å². The van der Waals surface area contributed by atoms with E-state index in [4.69, 9.17) is 18.9 Å². The molecule has 0 aromatic carbocycles. The highest BCUT2D eigenvalue weighted by molar-refractivity contribution is 5.70. The number of carboxylic acids is 1. The fraction of sp³-hybridized carbons (Fsp3) is 0.867. The number of rotatable bonds is 76. The second kappa shape index (κ2) is 74.0. The molecule has 0 radical (unpaired) electrons. The molecule has 540 valence electrons. The molecule has 0 aliphatic rings. The van der Waals surface area contributed by atoms with Crippen LogP contribution in [0.1, 0.15) is 406 Å². The average Bonchev–Trinajstić information content (AvgIpc) is 3.69. The van der Waals surface area contributed by atoms with E-state index in [0.717, 1.165) is 64.2 Å². The summed E-state index contributed by atoms with van der Waals surface area (Å²) in [6.45, 7) is 4.72. The molecule has 0 aromatic rings. The number of carbonyl (C=O) groups is 3. The Balaban J connectivity index is 3.96. The summed E-state index contributed by atoms with van der Waals surface area (Å²) in [5.41, 5.74) is 0. The number of nitrogens with zero attached hydrogens (tertiary/aromatic N) is 1. The van der Waals surface area contributed by atoms with Gasteiger partial charge in [-0.05, 0) is 51.4 Å². The number of carboxylic acid groups (broad SMARTS) is 1. The summed E-state index contributed by atoms with van der Waals surface area (Å²) < 4.78 is 22.9. The molecule has 0 bridgehead atoms. The number of unbranched alkanes of at least 4 members (excludes halogenated alkanes) is 53. The minimum atomic E-state index is -1.62. The van der Waals surface area contributed by atoms with Gasteiger partial charge < -0.3 is 33.3 Å². The Morgan fingerprint density at radius 1 is 0.337 bits per heavy atom. The molecule has 2 atom stereocenters. The number of carbonyl (C=O) groups excluding carboxylic acids is 3. The Morgan fingerprint density at radius 3 is 0.924 bits per heavy atom. The summed E-state index contributed by atoms with van der Waals surface area (Å²) in [4.78, 5) is 37.6. The van der Waals surface area contributed by atoms with Crippen LogP contribution in [0.2, 0.25) is 0 Å². The molecule has 0 saturated carbocycles. The second-order valence-corrected chi connectivity index (χ2v) is 28.7. The lowest BCUT2D eigenvalue weighted by atomic mass is 10.0. The highest BCUT2D eigenvalue weighted by atomic mass is 16.7. The van der Waals surface area contributed by atoms with Crippen LogP contribution in [0.4, 0.5) is 0 Å². The zero-order valence-electron chi connectivity index (χ0n) is 61.9. The summed E-state index contributed by atoms with van der Waals surface area (Å²) in [5.74, 6) is -2.25. The van der Waals surface area contributed by atoms with Crippen molar-refractivity contribution in [1.82, 2.24) is 0 Å². The van der Waals surface area contributed by atoms with Crippen molar-refractivity contribution in [2.75, 3.05) is 47.5 Å². The van der Waals surface area contributed by atoms with Crippen LogP contribution < -0.4 is 5.11 Å². The minimum Gasteiger partial charge on any atom is -0.545 e. The Hall–Kier alpha value is -2.75. The van der Waals surface area contributed by atoms with Gasteiger partial charge in [0.05, 0.1) is 40.3 Å². The quantitative estimate of drug-likeness (QED) is 0.0195. The van der Waals surface area contributed by atoms with Crippen LogP contribution in [-0.4, -0.2) is 82.3 Å². The second-order valence-electron chi connectivity index (χ2n) is 28.7. The number of aliphatic carboxylic acids is 1. The number of quaternary nitrogens is 1. The fourth-order valence-electron chi connectivity index (χ4n) is 12.2. The largest absolute Gasteiger partial charge is 0.545 e. The van der Waals surface area contributed by atoms with Crippen LogP contribution in [0.3, 0.4) is 0 Å². The monoisotopic (exact) mass is 1290 g/mol. The van der Waals surface area contributed by atoms with Crippen LogP contribution in [0.15, 0.2) is 48.6 Å². The van der Waals surface area contributed by atoms with Crippen molar-refractivity contribution in [3.05, 3.63) is 48.6 Å². The molecule has 0 aromatic heterocycles. The van der Waals surface area contributed by atoms with Gasteiger partial charge >= 0.3 is 11.9 Å². The number of ether oxygens (including phenoxy) is 4. The summed E-state index contributed by atoms with van der Waals surface area (Å²) in [7, 11) is 5.95. The highest BCUT2D eigenvalue weighted by Crippen LogP contribution is 2.20. The summed E-state index contributed by atoms with van der Waals surface area (Å²) in [6.07, 6.45) is 93.9. The third kappa shape index (κ3) is 74.6. The van der Waals surface area contributed by atoms with Gasteiger partial charge in [-0.15, -0.1) is 0 Å². The van der Waals surface area contributed by atoms with E-state index in [2.05, 4.69) is 62.5 Å². The normalized spacial score (nSPS) is 12.8. The van der Waals surface area contributed by atoms with Crippen LogP contribution in [0.25, 0.3) is 0 Å². The first kappa shape index (κ1) is 89.2. The van der Waals surface area contributed by atoms with Crippen LogP contribution in [-0.2, 0) is 33.3 Å². The van der Waals surface area contributed by atoms with Gasteiger partial charge in [0, 0.05) is 12.8 Å². The molecular weight excluding hydrogens is 1140 g/mol. The maximum absolute atomic E-state index is 13.0. The van der Waals surface area contributed by atoms with Crippen molar-refractivity contribution >= 4 is 17.9 Å². The zero-order chi connectivity index (χ0) is 66.8. The van der Waals surface area contributed by atoms with E-state index in [1.165, 1.54) is 315 Å². The summed E-state index contributed by atoms with van der Waals surface area (Å²) in [5, 5.41) is 11.9. The van der Waals surface area contributed by atoms with E-state index < -0.39 is 24.3 Å². The first-order valence-electron chi connectivity index (χ1n) is 40.3. The molecule has 0 spiro atoms. The molecule has 0 aliphatic heterocycles. The lowest BCUT2D eigenvalue weighted by molar-refractivity contribution is -0.870. The maximum atomic E-state index is 13.0. The molecule has 2 unspecified atom stereocenters. The predicted octanol–water partition coefficient (Wildman–Crippen LogP) is 24.3. The van der Waals surface area contributed by atoms with E-state index in [9.17, 15) is 19.5 Å². The lowest BCUT2D eigenvalue weighted by Gasteiger charge is -2.26. The van der Waals surface area contributed by atoms with Gasteiger partial charge in [0.2, 0.25) is 0 Å². The molecule has 0 fully saturated rings. The fourth-order valence-corrected chi connectivity index (χ4v) is 12.2. The van der Waals surface area contributed by atoms with Crippen molar-refractivity contribution in [2.24, 2.45) is 0 Å². The molecule has 0 saturated heterocycles. The van der Waals surface area contributed by atoms with Crippen molar-refractivity contribution in [2.45, 2.75) is 418 Å². The molecule has 9 nitrogen and oxygen atoms in total. The molecule has 9 heteroatoms. The van der Waals surface area contributed by atoms with E-state index >= 15 is 0 Å². The predicted molar refractivity (Wildman–Crippen MR) is 394 cm³/mol. The van der Waals surface area contributed by atoms with Gasteiger partial charge in [-0.2, -0.15) is 0 Å². The van der Waals surface area contributed by atoms with Crippen molar-refractivity contribution in [3.8, 4) is 0 Å². The van der Waals surface area contributed by atoms with E-state index in [1.807, 2.05) is 21.1 Å². The summed E-state index contributed by atoms with van der Waals surface area (Å²) in [6, 6.07) is 0. The van der Waals surface area contributed by atoms with Crippen LogP contribution >= 0.6 is 0 Å². The van der Waals surface area contributed by atoms with E-state index in [1.54, 1.807) is 0 Å². The zero-order valence-corrected chi connectivity index (χ0v) is 61.9. The topological polar surface area (TPSA) is 111 Å². The Kier molecular flexibility index (Phi) is 71.8. The number of hydrogen-bond acceptors (Lipinski definition) is 8. The third-order valence-corrected chi connectivity index (χ3v) is 18.3. The van der Waals surface area contributed by atoms with Crippen LogP contribution in [0, 0.1) is 0 Å². The molecule has 0 aliphatic carbocycles. The van der Waals surface area contributed by atoms with Gasteiger partial charge in [0.25, 0.3) is 0 Å². The Bertz CT molecular complexity index is 1650. The minimum absolute atomic E-state index is 0.151. The number of esters is 2. The lowest BCUT2D eigenvalue weighted by Crippen LogP contribution is -2.44. The van der Waals surface area contributed by atoms with E-state index in [0.29, 0.717) is 17.4 Å². The van der Waals surface area contributed by atoms with Gasteiger partial charge in [-0.1, -0.05) is 390 Å². The standard InChI is InChI=1S/C83H155NO8/c1-6-8-10-12-14-16-18-20-22-24-26-28-30-32-34-36-38-40-42-43-45-47-49-51-53-55-57-59-61-63-65-67-69-71-73-80(85)90-77-79(78-91-83(82(87)88)89-76-75-84(3,4)5)92-81(86)74-72-70-68-66-64-62-60-58-56-54-52-50-48-46-44-41-39-37-35-33-31-29-27-25-23-21-19-17-15-13-11-9-7-2/h9,11,15,17,21,23,27,29,79,83H,6-8,10,12-14,16,18-20,22,24-26,28,30-78H2,1-5H3/b11-9-,17-15-,23-21-,29-27-. The first-order valence-corrected chi connectivity index (χ1v) is 40.3. The van der Waals surface area contributed by atoms with E-state index in [-0.39, 0.29) is 32.2 Å². The molecule has 0 amide bonds. The number of allylic oxidation sites excluding steroid dienone is 8. The Labute approximate surface area is 572 Å². The SMILES string of the molecule is CC/C=C\C/C=C\C/C=C\C/C=C\CCCCCCCCCCCCCCCCCCCCCCC(=O)OC(COC(=O)CCCCCCCCCCCCCCCCCCCCCCCCCCCCCCCCCCCC)COC(OCC[N+](C)(C)C)C(=O)[O-]. The van der Waals surface area contributed by atoms with Gasteiger partial charge in [0.1, 0.15) is 13.2 Å². The average molecular weight is 1300 g/mol. The first-order chi connectivity index (χ1) is 45.1. The molecule has 0 rings (SSSR count). The molecular formula is C83H155NO8.